The lowest BCUT2D eigenvalue weighted by Crippen LogP contribution is -2.29. The Morgan fingerprint density at radius 2 is 1.80 bits per heavy atom. The number of esters is 1. The molecule has 1 aromatic heterocycles. The van der Waals surface area contributed by atoms with Gasteiger partial charge in [0.2, 0.25) is 0 Å². The van der Waals surface area contributed by atoms with Crippen molar-refractivity contribution in [2.24, 2.45) is 0 Å². The molecule has 0 bridgehead atoms. The van der Waals surface area contributed by atoms with E-state index < -0.39 is 18.5 Å². The Labute approximate surface area is 207 Å². The second-order valence-electron chi connectivity index (χ2n) is 8.17. The summed E-state index contributed by atoms with van der Waals surface area (Å²) in [6.07, 6.45) is 3.75. The largest absolute Gasteiger partial charge is 0.482 e. The molecule has 1 aliphatic rings. The van der Waals surface area contributed by atoms with Crippen molar-refractivity contribution in [2.45, 2.75) is 25.7 Å². The van der Waals surface area contributed by atoms with E-state index in [0.717, 1.165) is 46.9 Å². The van der Waals surface area contributed by atoms with Crippen LogP contribution in [0.5, 0.6) is 5.75 Å². The van der Waals surface area contributed by atoms with Crippen LogP contribution >= 0.6 is 11.3 Å². The predicted molar refractivity (Wildman–Crippen MR) is 134 cm³/mol. The molecule has 1 aliphatic carbocycles. The lowest BCUT2D eigenvalue weighted by molar-refractivity contribution is -0.149. The zero-order valence-corrected chi connectivity index (χ0v) is 20.4. The molecule has 8 nitrogen and oxygen atoms in total. The molecule has 35 heavy (non-hydrogen) atoms. The molecular formula is C26H28N2O6S. The van der Waals surface area contributed by atoms with E-state index in [2.05, 4.69) is 10.6 Å². The third-order valence-corrected chi connectivity index (χ3v) is 6.89. The summed E-state index contributed by atoms with van der Waals surface area (Å²) in [6.45, 7) is -0.00155. The monoisotopic (exact) mass is 496 g/mol. The summed E-state index contributed by atoms with van der Waals surface area (Å²) < 4.78 is 15.6. The molecule has 2 amide bonds. The molecule has 0 fully saturated rings. The molecule has 184 valence electrons. The number of rotatable bonds is 10. The first kappa shape index (κ1) is 24.7. The minimum Gasteiger partial charge on any atom is -0.482 e. The highest BCUT2D eigenvalue weighted by molar-refractivity contribution is 7.17. The van der Waals surface area contributed by atoms with Crippen molar-refractivity contribution in [3.8, 4) is 5.75 Å². The minimum atomic E-state index is -0.656. The van der Waals surface area contributed by atoms with Gasteiger partial charge in [-0.05, 0) is 54.2 Å². The number of hydrogen-bond acceptors (Lipinski definition) is 7. The van der Waals surface area contributed by atoms with Crippen LogP contribution in [-0.2, 0) is 31.9 Å². The fraction of sp³-hybridized carbons (Fsp3) is 0.346. The summed E-state index contributed by atoms with van der Waals surface area (Å²) >= 11 is 1.41. The molecule has 0 saturated heterocycles. The van der Waals surface area contributed by atoms with E-state index in [1.165, 1.54) is 11.3 Å². The van der Waals surface area contributed by atoms with Crippen LogP contribution in [0.25, 0.3) is 10.8 Å². The van der Waals surface area contributed by atoms with Crippen LogP contribution in [0.4, 0.5) is 5.00 Å². The van der Waals surface area contributed by atoms with E-state index >= 15 is 0 Å². The average molecular weight is 497 g/mol. The quantitative estimate of drug-likeness (QED) is 0.328. The normalized spacial score (nSPS) is 12.6. The van der Waals surface area contributed by atoms with Crippen LogP contribution in [0.1, 0.15) is 33.6 Å². The van der Waals surface area contributed by atoms with Crippen LogP contribution in [-0.4, -0.2) is 51.3 Å². The van der Waals surface area contributed by atoms with Gasteiger partial charge >= 0.3 is 5.97 Å². The van der Waals surface area contributed by atoms with Crippen LogP contribution < -0.4 is 15.4 Å². The van der Waals surface area contributed by atoms with E-state index in [1.54, 1.807) is 13.2 Å². The Bertz CT molecular complexity index is 1220. The number of nitrogens with one attached hydrogen (secondary N) is 2. The zero-order chi connectivity index (χ0) is 24.6. The summed E-state index contributed by atoms with van der Waals surface area (Å²) in [5.41, 5.74) is 1.49. The summed E-state index contributed by atoms with van der Waals surface area (Å²) in [4.78, 5) is 38.6. The maximum atomic E-state index is 12.8. The number of ether oxygens (including phenoxy) is 3. The first-order chi connectivity index (χ1) is 17.0. The van der Waals surface area contributed by atoms with Gasteiger partial charge in [0.1, 0.15) is 10.8 Å². The van der Waals surface area contributed by atoms with Crippen LogP contribution in [0.3, 0.4) is 0 Å². The lowest BCUT2D eigenvalue weighted by atomic mass is 9.95. The third kappa shape index (κ3) is 6.37. The van der Waals surface area contributed by atoms with E-state index in [9.17, 15) is 14.4 Å². The molecule has 0 atom stereocenters. The van der Waals surface area contributed by atoms with Crippen molar-refractivity contribution in [3.63, 3.8) is 0 Å². The van der Waals surface area contributed by atoms with Gasteiger partial charge in [0.05, 0.1) is 12.2 Å². The second-order valence-corrected chi connectivity index (χ2v) is 9.28. The molecule has 0 aliphatic heterocycles. The van der Waals surface area contributed by atoms with Crippen LogP contribution in [0.15, 0.2) is 42.5 Å². The van der Waals surface area contributed by atoms with Gasteiger partial charge in [0, 0.05) is 18.5 Å². The van der Waals surface area contributed by atoms with Crippen molar-refractivity contribution >= 4 is 44.9 Å². The number of benzene rings is 2. The van der Waals surface area contributed by atoms with Crippen molar-refractivity contribution in [3.05, 3.63) is 58.5 Å². The number of anilines is 1. The van der Waals surface area contributed by atoms with E-state index in [1.807, 2.05) is 36.4 Å². The van der Waals surface area contributed by atoms with Crippen molar-refractivity contribution in [2.75, 3.05) is 38.8 Å². The van der Waals surface area contributed by atoms with Crippen LogP contribution in [0.2, 0.25) is 0 Å². The SMILES string of the molecule is COCCNC(=O)c1c(NC(=O)COC(=O)COc2ccc3ccccc3c2)sc2c1CCCC2. The Balaban J connectivity index is 1.31. The third-order valence-electron chi connectivity index (χ3n) is 5.68. The highest BCUT2D eigenvalue weighted by Gasteiger charge is 2.26. The molecule has 9 heteroatoms. The topological polar surface area (TPSA) is 103 Å². The smallest absolute Gasteiger partial charge is 0.344 e. The number of methoxy groups -OCH3 is 1. The van der Waals surface area contributed by atoms with Gasteiger partial charge in [-0.3, -0.25) is 9.59 Å². The van der Waals surface area contributed by atoms with Gasteiger partial charge in [-0.25, -0.2) is 4.79 Å². The maximum absolute atomic E-state index is 12.8. The maximum Gasteiger partial charge on any atom is 0.344 e. The number of carbonyl (C=O) groups excluding carboxylic acids is 3. The number of fused-ring (bicyclic) bond motifs is 2. The predicted octanol–water partition coefficient (Wildman–Crippen LogP) is 3.72. The summed E-state index contributed by atoms with van der Waals surface area (Å²) in [5, 5.41) is 8.15. The summed E-state index contributed by atoms with van der Waals surface area (Å²) in [5.74, 6) is -0.860. The molecule has 0 saturated carbocycles. The average Bonchev–Trinajstić information content (AvgIpc) is 3.24. The molecular weight excluding hydrogens is 468 g/mol. The minimum absolute atomic E-state index is 0.238. The van der Waals surface area contributed by atoms with Crippen molar-refractivity contribution in [1.29, 1.82) is 0 Å². The van der Waals surface area contributed by atoms with Crippen molar-refractivity contribution < 1.29 is 28.6 Å². The molecule has 0 radical (unpaired) electrons. The highest BCUT2D eigenvalue weighted by Crippen LogP contribution is 2.38. The van der Waals surface area contributed by atoms with Gasteiger partial charge in [-0.2, -0.15) is 0 Å². The standard InChI is InChI=1S/C26H28N2O6S/c1-32-13-12-27-25(31)24-20-8-4-5-9-21(20)35-26(24)28-22(29)15-34-23(30)16-33-19-11-10-17-6-2-3-7-18(17)14-19/h2-3,6-7,10-11,14H,4-5,8-9,12-13,15-16H2,1H3,(H,27,31)(H,28,29). The molecule has 0 spiro atoms. The molecule has 2 aromatic carbocycles. The number of thiophene rings is 1. The number of hydrogen-bond donors (Lipinski definition) is 2. The van der Waals surface area contributed by atoms with Gasteiger partial charge < -0.3 is 24.8 Å². The van der Waals surface area contributed by atoms with E-state index in [4.69, 9.17) is 14.2 Å². The van der Waals surface area contributed by atoms with Crippen LogP contribution in [0, 0.1) is 0 Å². The van der Waals surface area contributed by atoms with Gasteiger partial charge in [0.25, 0.3) is 11.8 Å². The lowest BCUT2D eigenvalue weighted by Gasteiger charge is -2.13. The van der Waals surface area contributed by atoms with Gasteiger partial charge in [0.15, 0.2) is 13.2 Å². The Morgan fingerprint density at radius 1 is 1.00 bits per heavy atom. The van der Waals surface area contributed by atoms with Crippen molar-refractivity contribution in [1.82, 2.24) is 5.32 Å². The summed E-state index contributed by atoms with van der Waals surface area (Å²) in [6, 6.07) is 13.4. The first-order valence-electron chi connectivity index (χ1n) is 11.5. The number of aryl methyl sites for hydroxylation is 1. The molecule has 2 N–H and O–H groups in total. The number of carbonyl (C=O) groups is 3. The Morgan fingerprint density at radius 3 is 2.63 bits per heavy atom. The zero-order valence-electron chi connectivity index (χ0n) is 19.6. The molecule has 0 unspecified atom stereocenters. The fourth-order valence-corrected chi connectivity index (χ4v) is 5.30. The summed E-state index contributed by atoms with van der Waals surface area (Å²) in [7, 11) is 1.57. The Hall–Kier alpha value is -3.43. The molecule has 1 heterocycles. The Kier molecular flexibility index (Phi) is 8.33. The van der Waals surface area contributed by atoms with Gasteiger partial charge in [-0.15, -0.1) is 11.3 Å². The number of amides is 2. The van der Waals surface area contributed by atoms with Gasteiger partial charge in [-0.1, -0.05) is 30.3 Å². The first-order valence-corrected chi connectivity index (χ1v) is 12.4. The molecule has 4 rings (SSSR count). The molecule has 3 aromatic rings. The highest BCUT2D eigenvalue weighted by atomic mass is 32.1. The van der Waals surface area contributed by atoms with E-state index in [0.29, 0.717) is 29.5 Å². The fourth-order valence-electron chi connectivity index (χ4n) is 4.00. The second kappa shape index (κ2) is 11.8. The van der Waals surface area contributed by atoms with E-state index in [-0.39, 0.29) is 12.5 Å².